The highest BCUT2D eigenvalue weighted by Gasteiger charge is 2.33. The number of rotatable bonds is 7. The van der Waals surface area contributed by atoms with Crippen molar-refractivity contribution in [1.29, 1.82) is 0 Å². The summed E-state index contributed by atoms with van der Waals surface area (Å²) in [5.74, 6) is -0.845. The van der Waals surface area contributed by atoms with Crippen molar-refractivity contribution in [3.8, 4) is 0 Å². The summed E-state index contributed by atoms with van der Waals surface area (Å²) in [7, 11) is -1.96. The van der Waals surface area contributed by atoms with Gasteiger partial charge in [-0.05, 0) is 32.0 Å². The van der Waals surface area contributed by atoms with Crippen LogP contribution in [0.15, 0.2) is 24.3 Å². The lowest BCUT2D eigenvalue weighted by atomic mass is 9.80. The molecule has 0 unspecified atom stereocenters. The highest BCUT2D eigenvalue weighted by Crippen LogP contribution is 2.28. The Kier molecular flexibility index (Phi) is 7.89. The molecule has 0 radical (unpaired) electrons. The number of sulfonamides is 1. The van der Waals surface area contributed by atoms with E-state index >= 15 is 0 Å². The van der Waals surface area contributed by atoms with Crippen LogP contribution in [0.4, 0.5) is 4.39 Å². The minimum absolute atomic E-state index is 0. The summed E-state index contributed by atoms with van der Waals surface area (Å²) < 4.78 is 45.9. The predicted octanol–water partition coefficient (Wildman–Crippen LogP) is 1.68. The first-order chi connectivity index (χ1) is 10.5. The predicted molar refractivity (Wildman–Crippen MR) is 90.7 cm³/mol. The summed E-state index contributed by atoms with van der Waals surface area (Å²) >= 11 is 0. The van der Waals surface area contributed by atoms with Crippen molar-refractivity contribution in [1.82, 2.24) is 10.0 Å². The van der Waals surface area contributed by atoms with Gasteiger partial charge in [-0.25, -0.2) is 17.5 Å². The van der Waals surface area contributed by atoms with E-state index in [0.717, 1.165) is 25.9 Å². The highest BCUT2D eigenvalue weighted by atomic mass is 35.5. The molecule has 1 aromatic carbocycles. The first-order valence-corrected chi connectivity index (χ1v) is 9.02. The maximum atomic E-state index is 13.6. The molecule has 0 spiro atoms. The van der Waals surface area contributed by atoms with E-state index in [4.69, 9.17) is 4.74 Å². The standard InChI is InChI=1S/C15H23FN2O3S.ClH/c1-21-12-15(6-8-17-9-7-15)11-18-22(19,20)10-13-4-2-3-5-14(13)16;/h2-5,17-18H,6-12H2,1H3;1H. The monoisotopic (exact) mass is 366 g/mol. The first-order valence-electron chi connectivity index (χ1n) is 7.37. The fourth-order valence-corrected chi connectivity index (χ4v) is 4.04. The van der Waals surface area contributed by atoms with E-state index in [1.54, 1.807) is 19.2 Å². The topological polar surface area (TPSA) is 67.4 Å². The Balaban J connectivity index is 0.00000264. The van der Waals surface area contributed by atoms with E-state index in [0.29, 0.717) is 13.2 Å². The van der Waals surface area contributed by atoms with Crippen LogP contribution in [0.2, 0.25) is 0 Å². The molecule has 1 aliphatic rings. The summed E-state index contributed by atoms with van der Waals surface area (Å²) in [6.07, 6.45) is 1.70. The van der Waals surface area contributed by atoms with Crippen molar-refractivity contribution < 1.29 is 17.5 Å². The number of benzene rings is 1. The van der Waals surface area contributed by atoms with Crippen molar-refractivity contribution in [2.75, 3.05) is 33.4 Å². The quantitative estimate of drug-likeness (QED) is 0.770. The van der Waals surface area contributed by atoms with Gasteiger partial charge in [0.2, 0.25) is 10.0 Å². The second-order valence-electron chi connectivity index (χ2n) is 5.85. The molecular weight excluding hydrogens is 343 g/mol. The van der Waals surface area contributed by atoms with Crippen molar-refractivity contribution in [2.45, 2.75) is 18.6 Å². The molecule has 5 nitrogen and oxygen atoms in total. The van der Waals surface area contributed by atoms with Crippen LogP contribution >= 0.6 is 12.4 Å². The molecule has 0 amide bonds. The van der Waals surface area contributed by atoms with Crippen molar-refractivity contribution in [3.05, 3.63) is 35.6 Å². The number of piperidine rings is 1. The molecule has 1 heterocycles. The molecule has 2 rings (SSSR count). The zero-order valence-electron chi connectivity index (χ0n) is 13.2. The van der Waals surface area contributed by atoms with Crippen molar-refractivity contribution in [3.63, 3.8) is 0 Å². The maximum Gasteiger partial charge on any atom is 0.215 e. The molecule has 8 heteroatoms. The van der Waals surface area contributed by atoms with E-state index in [1.807, 2.05) is 0 Å². The van der Waals surface area contributed by atoms with Gasteiger partial charge in [-0.1, -0.05) is 18.2 Å². The van der Waals surface area contributed by atoms with E-state index in [1.165, 1.54) is 12.1 Å². The molecule has 0 aromatic heterocycles. The van der Waals surface area contributed by atoms with Crippen LogP contribution in [0.5, 0.6) is 0 Å². The molecule has 1 saturated heterocycles. The molecule has 132 valence electrons. The molecule has 1 aliphatic heterocycles. The number of nitrogens with one attached hydrogen (secondary N) is 2. The fourth-order valence-electron chi connectivity index (χ4n) is 2.77. The Labute approximate surface area is 143 Å². The van der Waals surface area contributed by atoms with E-state index in [9.17, 15) is 12.8 Å². The lowest BCUT2D eigenvalue weighted by Gasteiger charge is -2.37. The fraction of sp³-hybridized carbons (Fsp3) is 0.600. The van der Waals surface area contributed by atoms with Gasteiger partial charge in [0.15, 0.2) is 0 Å². The van der Waals surface area contributed by atoms with Gasteiger partial charge >= 0.3 is 0 Å². The third-order valence-electron chi connectivity index (χ3n) is 4.09. The summed E-state index contributed by atoms with van der Waals surface area (Å²) in [6, 6.07) is 5.93. The minimum atomic E-state index is -3.58. The third-order valence-corrected chi connectivity index (χ3v) is 5.36. The second-order valence-corrected chi connectivity index (χ2v) is 7.66. The Bertz CT molecular complexity index is 587. The van der Waals surface area contributed by atoms with Gasteiger partial charge in [-0.15, -0.1) is 12.4 Å². The number of hydrogen-bond donors (Lipinski definition) is 2. The molecule has 1 fully saturated rings. The van der Waals surface area contributed by atoms with Crippen molar-refractivity contribution >= 4 is 22.4 Å². The third kappa shape index (κ3) is 6.00. The Morgan fingerprint density at radius 2 is 1.96 bits per heavy atom. The van der Waals surface area contributed by atoms with Crippen LogP contribution in [0.3, 0.4) is 0 Å². The number of methoxy groups -OCH3 is 1. The smallest absolute Gasteiger partial charge is 0.215 e. The van der Waals surface area contributed by atoms with Crippen LogP contribution < -0.4 is 10.0 Å². The van der Waals surface area contributed by atoms with E-state index in [2.05, 4.69) is 10.0 Å². The lowest BCUT2D eigenvalue weighted by Crippen LogP contribution is -2.47. The van der Waals surface area contributed by atoms with Gasteiger partial charge in [-0.3, -0.25) is 0 Å². The van der Waals surface area contributed by atoms with Gasteiger partial charge in [0.1, 0.15) is 5.82 Å². The van der Waals surface area contributed by atoms with Crippen LogP contribution in [-0.4, -0.2) is 41.8 Å². The summed E-state index contributed by atoms with van der Waals surface area (Å²) in [4.78, 5) is 0. The molecule has 2 N–H and O–H groups in total. The Hall–Kier alpha value is -0.730. The van der Waals surface area contributed by atoms with Gasteiger partial charge < -0.3 is 10.1 Å². The second kappa shape index (κ2) is 8.94. The minimum Gasteiger partial charge on any atom is -0.384 e. The van der Waals surface area contributed by atoms with Gasteiger partial charge in [0.25, 0.3) is 0 Å². The SMILES string of the molecule is COCC1(CNS(=O)(=O)Cc2ccccc2F)CCNCC1.Cl. The molecule has 0 saturated carbocycles. The van der Waals surface area contributed by atoms with Gasteiger partial charge in [-0.2, -0.15) is 0 Å². The Morgan fingerprint density at radius 1 is 1.30 bits per heavy atom. The zero-order chi connectivity index (χ0) is 16.1. The average molecular weight is 367 g/mol. The normalized spacial score (nSPS) is 17.5. The lowest BCUT2D eigenvalue weighted by molar-refractivity contribution is 0.0577. The number of ether oxygens (including phenoxy) is 1. The van der Waals surface area contributed by atoms with E-state index < -0.39 is 15.8 Å². The average Bonchev–Trinajstić information content (AvgIpc) is 2.49. The molecule has 23 heavy (non-hydrogen) atoms. The van der Waals surface area contributed by atoms with E-state index in [-0.39, 0.29) is 29.1 Å². The Morgan fingerprint density at radius 3 is 2.57 bits per heavy atom. The van der Waals surface area contributed by atoms with Crippen molar-refractivity contribution in [2.24, 2.45) is 5.41 Å². The summed E-state index contributed by atoms with van der Waals surface area (Å²) in [5.41, 5.74) is -0.0106. The summed E-state index contributed by atoms with van der Waals surface area (Å²) in [5, 5.41) is 3.26. The molecular formula is C15H24ClFN2O3S. The highest BCUT2D eigenvalue weighted by molar-refractivity contribution is 7.88. The number of halogens is 2. The van der Waals surface area contributed by atoms with Crippen LogP contribution in [0.1, 0.15) is 18.4 Å². The molecule has 0 aliphatic carbocycles. The van der Waals surface area contributed by atoms with Crippen LogP contribution in [0.25, 0.3) is 0 Å². The van der Waals surface area contributed by atoms with Crippen LogP contribution in [0, 0.1) is 11.2 Å². The molecule has 0 atom stereocenters. The first kappa shape index (κ1) is 20.3. The van der Waals surface area contributed by atoms with Crippen LogP contribution in [-0.2, 0) is 20.5 Å². The molecule has 0 bridgehead atoms. The summed E-state index contributed by atoms with van der Waals surface area (Å²) in [6.45, 7) is 2.52. The van der Waals surface area contributed by atoms with Gasteiger partial charge in [0, 0.05) is 24.6 Å². The maximum absolute atomic E-state index is 13.6. The van der Waals surface area contributed by atoms with Gasteiger partial charge in [0.05, 0.1) is 12.4 Å². The number of hydrogen-bond acceptors (Lipinski definition) is 4. The molecule has 1 aromatic rings. The zero-order valence-corrected chi connectivity index (χ0v) is 14.8. The largest absolute Gasteiger partial charge is 0.384 e.